The number of amides is 2. The average Bonchev–Trinajstić information content (AvgIpc) is 3.37. The fraction of sp³-hybridized carbons (Fsp3) is 0.273. The van der Waals surface area contributed by atoms with Crippen molar-refractivity contribution in [3.05, 3.63) is 66.0 Å². The lowest BCUT2D eigenvalue weighted by molar-refractivity contribution is 0.205. The van der Waals surface area contributed by atoms with E-state index >= 15 is 0 Å². The first kappa shape index (κ1) is 18.1. The zero-order valence-electron chi connectivity index (χ0n) is 16.3. The minimum absolute atomic E-state index is 0.0149. The van der Waals surface area contributed by atoms with E-state index in [4.69, 9.17) is 4.74 Å². The Bertz CT molecular complexity index is 984. The average molecular weight is 376 g/mol. The molecule has 2 amide bonds. The number of rotatable bonds is 5. The molecule has 0 bridgehead atoms. The van der Waals surface area contributed by atoms with Crippen LogP contribution >= 0.6 is 0 Å². The van der Waals surface area contributed by atoms with Crippen LogP contribution < -0.4 is 9.64 Å². The number of hydrogen-bond acceptors (Lipinski definition) is 3. The van der Waals surface area contributed by atoms with Gasteiger partial charge >= 0.3 is 6.03 Å². The predicted molar refractivity (Wildman–Crippen MR) is 110 cm³/mol. The molecule has 0 saturated carbocycles. The zero-order chi connectivity index (χ0) is 19.7. The number of carbonyl (C=O) groups excluding carboxylic acids is 1. The second-order valence-electron chi connectivity index (χ2n) is 7.07. The summed E-state index contributed by atoms with van der Waals surface area (Å²) < 4.78 is 5.32. The second-order valence-corrected chi connectivity index (χ2v) is 7.07. The fourth-order valence-corrected chi connectivity index (χ4v) is 3.77. The summed E-state index contributed by atoms with van der Waals surface area (Å²) in [5, 5.41) is 6.86. The molecule has 2 heterocycles. The molecule has 0 radical (unpaired) electrons. The van der Waals surface area contributed by atoms with Gasteiger partial charge in [-0.3, -0.25) is 10.00 Å². The van der Waals surface area contributed by atoms with Crippen LogP contribution in [-0.2, 0) is 0 Å². The summed E-state index contributed by atoms with van der Waals surface area (Å²) >= 11 is 0. The third kappa shape index (κ3) is 3.22. The Morgan fingerprint density at radius 3 is 2.75 bits per heavy atom. The van der Waals surface area contributed by atoms with Crippen molar-refractivity contribution in [1.82, 2.24) is 15.1 Å². The highest BCUT2D eigenvalue weighted by atomic mass is 16.5. The number of methoxy groups -OCH3 is 1. The van der Waals surface area contributed by atoms with Gasteiger partial charge in [-0.05, 0) is 54.8 Å². The molecule has 6 heteroatoms. The van der Waals surface area contributed by atoms with Crippen LogP contribution in [0.25, 0.3) is 11.1 Å². The fourth-order valence-electron chi connectivity index (χ4n) is 3.77. The smallest absolute Gasteiger partial charge is 0.325 e. The number of ether oxygens (including phenoxy) is 1. The molecule has 1 fully saturated rings. The number of nitrogens with one attached hydrogen (secondary N) is 1. The van der Waals surface area contributed by atoms with Gasteiger partial charge in [0.05, 0.1) is 19.3 Å². The molecule has 6 nitrogen and oxygen atoms in total. The van der Waals surface area contributed by atoms with E-state index in [1.807, 2.05) is 46.3 Å². The van der Waals surface area contributed by atoms with Gasteiger partial charge in [-0.25, -0.2) is 4.79 Å². The van der Waals surface area contributed by atoms with E-state index in [0.29, 0.717) is 13.1 Å². The molecule has 1 saturated heterocycles. The summed E-state index contributed by atoms with van der Waals surface area (Å²) in [4.78, 5) is 16.9. The van der Waals surface area contributed by atoms with Crippen molar-refractivity contribution in [1.29, 1.82) is 0 Å². The van der Waals surface area contributed by atoms with E-state index in [-0.39, 0.29) is 12.1 Å². The van der Waals surface area contributed by atoms with Crippen molar-refractivity contribution in [3.63, 3.8) is 0 Å². The lowest BCUT2D eigenvalue weighted by atomic mass is 10.0. The van der Waals surface area contributed by atoms with Crippen LogP contribution in [0.1, 0.15) is 24.1 Å². The summed E-state index contributed by atoms with van der Waals surface area (Å²) in [6, 6.07) is 14.0. The Hall–Kier alpha value is -3.28. The molecule has 2 aromatic carbocycles. The maximum Gasteiger partial charge on any atom is 0.325 e. The van der Waals surface area contributed by atoms with Gasteiger partial charge < -0.3 is 9.64 Å². The molecule has 1 aliphatic heterocycles. The van der Waals surface area contributed by atoms with E-state index in [2.05, 4.69) is 36.2 Å². The van der Waals surface area contributed by atoms with Crippen molar-refractivity contribution in [2.75, 3.05) is 25.1 Å². The Kier molecular flexibility index (Phi) is 4.77. The van der Waals surface area contributed by atoms with Gasteiger partial charge in [0.1, 0.15) is 5.75 Å². The summed E-state index contributed by atoms with van der Waals surface area (Å²) in [7, 11) is 1.65. The maximum absolute atomic E-state index is 13.1. The summed E-state index contributed by atoms with van der Waals surface area (Å²) in [5.74, 6) is 0.804. The Labute approximate surface area is 164 Å². The number of aromatic nitrogens is 2. The van der Waals surface area contributed by atoms with Gasteiger partial charge in [-0.2, -0.15) is 5.10 Å². The number of nitrogens with zero attached hydrogens (tertiary/aromatic N) is 3. The van der Waals surface area contributed by atoms with Crippen LogP contribution in [0.2, 0.25) is 0 Å². The quantitative estimate of drug-likeness (QED) is 0.718. The lowest BCUT2D eigenvalue weighted by Crippen LogP contribution is -2.33. The van der Waals surface area contributed by atoms with E-state index in [0.717, 1.165) is 33.7 Å². The lowest BCUT2D eigenvalue weighted by Gasteiger charge is -2.25. The van der Waals surface area contributed by atoms with Gasteiger partial charge in [0.15, 0.2) is 0 Å². The molecule has 1 unspecified atom stereocenters. The summed E-state index contributed by atoms with van der Waals surface area (Å²) in [6.07, 6.45) is 3.68. The highest BCUT2D eigenvalue weighted by Crippen LogP contribution is 2.32. The maximum atomic E-state index is 13.1. The van der Waals surface area contributed by atoms with Crippen LogP contribution in [0.4, 0.5) is 10.5 Å². The summed E-state index contributed by atoms with van der Waals surface area (Å²) in [6.45, 7) is 5.49. The first-order chi connectivity index (χ1) is 13.6. The standard InChI is InChI=1S/C22H24N4O2/c1-15-11-19(7-8-21(15)18-13-23-24-14-18)26-10-9-25(22(26)27)16(2)17-5-4-6-20(12-17)28-3/h4-8,11-14,16H,9-10H2,1-3H3,(H,23,24). The van der Waals surface area contributed by atoms with Crippen molar-refractivity contribution in [3.8, 4) is 16.9 Å². The van der Waals surface area contributed by atoms with Crippen molar-refractivity contribution >= 4 is 11.7 Å². The van der Waals surface area contributed by atoms with Crippen molar-refractivity contribution in [2.24, 2.45) is 0 Å². The molecule has 1 N–H and O–H groups in total. The first-order valence-corrected chi connectivity index (χ1v) is 9.40. The second kappa shape index (κ2) is 7.38. The van der Waals surface area contributed by atoms with Crippen molar-refractivity contribution in [2.45, 2.75) is 19.9 Å². The number of urea groups is 1. The molecule has 1 aliphatic rings. The van der Waals surface area contributed by atoms with Crippen LogP contribution in [0.5, 0.6) is 5.75 Å². The third-order valence-electron chi connectivity index (χ3n) is 5.42. The molecule has 1 atom stereocenters. The molecule has 1 aromatic heterocycles. The molecule has 0 aliphatic carbocycles. The first-order valence-electron chi connectivity index (χ1n) is 9.40. The normalized spacial score (nSPS) is 15.2. The molecule has 144 valence electrons. The molecular weight excluding hydrogens is 352 g/mol. The molecule has 28 heavy (non-hydrogen) atoms. The number of benzene rings is 2. The number of hydrogen-bond donors (Lipinski definition) is 1. The number of H-pyrrole nitrogens is 1. The Balaban J connectivity index is 1.55. The van der Waals surface area contributed by atoms with E-state index in [1.165, 1.54) is 0 Å². The number of carbonyl (C=O) groups is 1. The molecule has 3 aromatic rings. The minimum atomic E-state index is -0.0149. The molecule has 0 spiro atoms. The van der Waals surface area contributed by atoms with Gasteiger partial charge in [-0.15, -0.1) is 0 Å². The third-order valence-corrected chi connectivity index (χ3v) is 5.42. The Morgan fingerprint density at radius 1 is 1.18 bits per heavy atom. The largest absolute Gasteiger partial charge is 0.497 e. The van der Waals surface area contributed by atoms with Crippen LogP contribution in [-0.4, -0.2) is 41.3 Å². The highest BCUT2D eigenvalue weighted by molar-refractivity contribution is 5.95. The number of anilines is 1. The molecular formula is C22H24N4O2. The van der Waals surface area contributed by atoms with E-state index < -0.39 is 0 Å². The monoisotopic (exact) mass is 376 g/mol. The van der Waals surface area contributed by atoms with Gasteiger partial charge in [0, 0.05) is 30.5 Å². The van der Waals surface area contributed by atoms with Crippen LogP contribution in [0, 0.1) is 6.92 Å². The molecule has 4 rings (SSSR count). The minimum Gasteiger partial charge on any atom is -0.497 e. The Morgan fingerprint density at radius 2 is 2.04 bits per heavy atom. The number of aromatic amines is 1. The number of aryl methyl sites for hydroxylation is 1. The van der Waals surface area contributed by atoms with Gasteiger partial charge in [0.25, 0.3) is 0 Å². The van der Waals surface area contributed by atoms with Crippen LogP contribution in [0.15, 0.2) is 54.9 Å². The van der Waals surface area contributed by atoms with Gasteiger partial charge in [-0.1, -0.05) is 18.2 Å². The SMILES string of the molecule is COc1cccc(C(C)N2CCN(c3ccc(-c4cn[nH]c4)c(C)c3)C2=O)c1. The zero-order valence-corrected chi connectivity index (χ0v) is 16.3. The van der Waals surface area contributed by atoms with Crippen LogP contribution in [0.3, 0.4) is 0 Å². The topological polar surface area (TPSA) is 61.5 Å². The predicted octanol–water partition coefficient (Wildman–Crippen LogP) is 4.40. The van der Waals surface area contributed by atoms with Gasteiger partial charge in [0.2, 0.25) is 0 Å². The van der Waals surface area contributed by atoms with E-state index in [9.17, 15) is 4.79 Å². The van der Waals surface area contributed by atoms with E-state index in [1.54, 1.807) is 13.3 Å². The van der Waals surface area contributed by atoms with Crippen molar-refractivity contribution < 1.29 is 9.53 Å². The highest BCUT2D eigenvalue weighted by Gasteiger charge is 2.33. The summed E-state index contributed by atoms with van der Waals surface area (Å²) in [5.41, 5.74) is 5.28.